The molecule has 0 fully saturated rings. The normalized spacial score (nSPS) is 11.6. The predicted octanol–water partition coefficient (Wildman–Crippen LogP) is 1.85. The molecule has 0 saturated heterocycles. The Morgan fingerprint density at radius 1 is 1.17 bits per heavy atom. The molecule has 0 aliphatic heterocycles. The minimum Gasteiger partial charge on any atom is -0.469 e. The summed E-state index contributed by atoms with van der Waals surface area (Å²) in [6.07, 6.45) is 0.856. The maximum absolute atomic E-state index is 12.4. The number of hydrogen-bond donors (Lipinski definition) is 2. The molecule has 2 N–H and O–H groups in total. The van der Waals surface area contributed by atoms with Crippen LogP contribution in [0, 0.1) is 13.8 Å². The van der Waals surface area contributed by atoms with Crippen molar-refractivity contribution in [3.8, 4) is 5.69 Å². The molecule has 8 nitrogen and oxygen atoms in total. The van der Waals surface area contributed by atoms with Gasteiger partial charge in [-0.2, -0.15) is 5.10 Å². The Bertz CT molecular complexity index is 887. The Morgan fingerprint density at radius 2 is 1.83 bits per heavy atom. The largest absolute Gasteiger partial charge is 0.469 e. The fraction of sp³-hybridized carbons (Fsp3) is 0.429. The molecule has 1 heterocycles. The highest BCUT2D eigenvalue weighted by Gasteiger charge is 2.17. The number of ether oxygens (including phenoxy) is 1. The van der Waals surface area contributed by atoms with Crippen molar-refractivity contribution in [1.82, 2.24) is 20.4 Å². The van der Waals surface area contributed by atoms with E-state index in [1.165, 1.54) is 7.11 Å². The lowest BCUT2D eigenvalue weighted by Crippen LogP contribution is -2.44. The van der Waals surface area contributed by atoms with E-state index in [0.29, 0.717) is 24.9 Å². The minimum atomic E-state index is -0.615. The lowest BCUT2D eigenvalue weighted by atomic mass is 10.1. The molecular formula is C21H28N4O4. The van der Waals surface area contributed by atoms with Crippen molar-refractivity contribution >= 4 is 17.8 Å². The standard InChI is InChI=1S/C21H28N4O4/c1-6-22-20(27)14(3)23-21(28)16-7-9-17(10-8-16)25-15(4)18(13(2)24-25)11-12-19(26)29-5/h7-10,14H,6,11-12H2,1-5H3,(H,22,27)(H,23,28)/t14-/m1/s1. The van der Waals surface area contributed by atoms with Gasteiger partial charge in [-0.1, -0.05) is 0 Å². The van der Waals surface area contributed by atoms with Crippen LogP contribution in [0.3, 0.4) is 0 Å². The summed E-state index contributed by atoms with van der Waals surface area (Å²) in [5.74, 6) is -0.796. The molecule has 0 aliphatic rings. The van der Waals surface area contributed by atoms with Crippen LogP contribution in [-0.4, -0.2) is 47.3 Å². The molecule has 1 aromatic carbocycles. The average molecular weight is 400 g/mol. The van der Waals surface area contributed by atoms with Gasteiger partial charge in [-0.25, -0.2) is 4.68 Å². The van der Waals surface area contributed by atoms with Gasteiger partial charge in [-0.05, 0) is 63.9 Å². The number of nitrogens with one attached hydrogen (secondary N) is 2. The smallest absolute Gasteiger partial charge is 0.305 e. The number of methoxy groups -OCH3 is 1. The van der Waals surface area contributed by atoms with Crippen molar-refractivity contribution in [1.29, 1.82) is 0 Å². The summed E-state index contributed by atoms with van der Waals surface area (Å²) < 4.78 is 6.50. The molecule has 1 aromatic heterocycles. The Labute approximate surface area is 170 Å². The van der Waals surface area contributed by atoms with Crippen LogP contribution in [0.25, 0.3) is 5.69 Å². The maximum Gasteiger partial charge on any atom is 0.305 e. The number of carbonyl (C=O) groups excluding carboxylic acids is 3. The molecule has 0 spiro atoms. The molecule has 2 rings (SSSR count). The van der Waals surface area contributed by atoms with Crippen molar-refractivity contribution in [2.45, 2.75) is 46.6 Å². The maximum atomic E-state index is 12.4. The molecule has 8 heteroatoms. The van der Waals surface area contributed by atoms with Gasteiger partial charge in [0.1, 0.15) is 6.04 Å². The van der Waals surface area contributed by atoms with E-state index in [0.717, 1.165) is 22.6 Å². The summed E-state index contributed by atoms with van der Waals surface area (Å²) >= 11 is 0. The summed E-state index contributed by atoms with van der Waals surface area (Å²) in [4.78, 5) is 35.6. The van der Waals surface area contributed by atoms with E-state index in [9.17, 15) is 14.4 Å². The van der Waals surface area contributed by atoms with E-state index in [1.807, 2.05) is 20.8 Å². The summed E-state index contributed by atoms with van der Waals surface area (Å²) in [5.41, 5.74) is 4.06. The highest BCUT2D eigenvalue weighted by Crippen LogP contribution is 2.20. The molecule has 0 radical (unpaired) electrons. The van der Waals surface area contributed by atoms with E-state index in [1.54, 1.807) is 35.9 Å². The van der Waals surface area contributed by atoms with Crippen LogP contribution in [0.15, 0.2) is 24.3 Å². The number of esters is 1. The van der Waals surface area contributed by atoms with Crippen molar-refractivity contribution in [2.75, 3.05) is 13.7 Å². The zero-order valence-corrected chi connectivity index (χ0v) is 17.5. The number of carbonyl (C=O) groups is 3. The van der Waals surface area contributed by atoms with Crippen LogP contribution in [0.4, 0.5) is 0 Å². The van der Waals surface area contributed by atoms with Gasteiger partial charge in [0.25, 0.3) is 5.91 Å². The lowest BCUT2D eigenvalue weighted by Gasteiger charge is -2.13. The number of aryl methyl sites for hydroxylation is 1. The fourth-order valence-electron chi connectivity index (χ4n) is 3.04. The molecule has 2 amide bonds. The second-order valence-corrected chi connectivity index (χ2v) is 6.77. The summed E-state index contributed by atoms with van der Waals surface area (Å²) in [6, 6.07) is 6.37. The number of aromatic nitrogens is 2. The third-order valence-corrected chi connectivity index (χ3v) is 4.71. The first-order valence-electron chi connectivity index (χ1n) is 9.59. The van der Waals surface area contributed by atoms with E-state index < -0.39 is 6.04 Å². The van der Waals surface area contributed by atoms with Crippen LogP contribution >= 0.6 is 0 Å². The molecule has 2 aromatic rings. The van der Waals surface area contributed by atoms with Gasteiger partial charge >= 0.3 is 5.97 Å². The zero-order chi connectivity index (χ0) is 21.6. The lowest BCUT2D eigenvalue weighted by molar-refractivity contribution is -0.140. The van der Waals surface area contributed by atoms with Crippen molar-refractivity contribution in [3.63, 3.8) is 0 Å². The topological polar surface area (TPSA) is 102 Å². The summed E-state index contributed by atoms with van der Waals surface area (Å²) in [7, 11) is 1.38. The monoisotopic (exact) mass is 400 g/mol. The Morgan fingerprint density at radius 3 is 2.41 bits per heavy atom. The number of likely N-dealkylation sites (N-methyl/N-ethyl adjacent to an activating group) is 1. The van der Waals surface area contributed by atoms with Gasteiger partial charge in [-0.3, -0.25) is 14.4 Å². The van der Waals surface area contributed by atoms with Crippen LogP contribution < -0.4 is 10.6 Å². The van der Waals surface area contributed by atoms with Crippen LogP contribution in [-0.2, 0) is 20.7 Å². The second-order valence-electron chi connectivity index (χ2n) is 6.77. The van der Waals surface area contributed by atoms with Crippen molar-refractivity contribution < 1.29 is 19.1 Å². The Hall–Kier alpha value is -3.16. The quantitative estimate of drug-likeness (QED) is 0.659. The van der Waals surface area contributed by atoms with Gasteiger partial charge in [0.15, 0.2) is 0 Å². The van der Waals surface area contributed by atoms with E-state index in [-0.39, 0.29) is 17.8 Å². The van der Waals surface area contributed by atoms with Crippen LogP contribution in [0.5, 0.6) is 0 Å². The molecule has 0 unspecified atom stereocenters. The highest BCUT2D eigenvalue weighted by atomic mass is 16.5. The number of hydrogen-bond acceptors (Lipinski definition) is 5. The number of benzene rings is 1. The van der Waals surface area contributed by atoms with Crippen LogP contribution in [0.2, 0.25) is 0 Å². The minimum absolute atomic E-state index is 0.223. The second kappa shape index (κ2) is 9.86. The van der Waals surface area contributed by atoms with Crippen molar-refractivity contribution in [2.24, 2.45) is 0 Å². The number of nitrogens with zero attached hydrogens (tertiary/aromatic N) is 2. The molecule has 0 aliphatic carbocycles. The van der Waals surface area contributed by atoms with Gasteiger partial charge in [0.2, 0.25) is 5.91 Å². The first-order chi connectivity index (χ1) is 13.8. The van der Waals surface area contributed by atoms with Gasteiger partial charge in [0.05, 0.1) is 18.5 Å². The predicted molar refractivity (Wildman–Crippen MR) is 109 cm³/mol. The summed E-state index contributed by atoms with van der Waals surface area (Å²) in [5, 5.41) is 9.92. The zero-order valence-electron chi connectivity index (χ0n) is 17.5. The summed E-state index contributed by atoms with van der Waals surface area (Å²) in [6.45, 7) is 7.83. The first kappa shape index (κ1) is 22.1. The SMILES string of the molecule is CCNC(=O)[C@@H](C)NC(=O)c1ccc(-n2nc(C)c(CCC(=O)OC)c2C)cc1. The molecule has 29 heavy (non-hydrogen) atoms. The Balaban J connectivity index is 2.13. The van der Waals surface area contributed by atoms with E-state index >= 15 is 0 Å². The van der Waals surface area contributed by atoms with Crippen molar-refractivity contribution in [3.05, 3.63) is 46.8 Å². The molecule has 0 saturated carbocycles. The first-order valence-corrected chi connectivity index (χ1v) is 9.59. The molecule has 0 bridgehead atoms. The Kier molecular flexibility index (Phi) is 7.52. The third kappa shape index (κ3) is 5.43. The highest BCUT2D eigenvalue weighted by molar-refractivity contribution is 5.97. The molecule has 1 atom stereocenters. The van der Waals surface area contributed by atoms with E-state index in [4.69, 9.17) is 4.74 Å². The van der Waals surface area contributed by atoms with Gasteiger partial charge < -0.3 is 15.4 Å². The average Bonchev–Trinajstić information content (AvgIpc) is 2.99. The van der Waals surface area contributed by atoms with E-state index in [2.05, 4.69) is 15.7 Å². The van der Waals surface area contributed by atoms with Crippen LogP contribution in [0.1, 0.15) is 47.6 Å². The third-order valence-electron chi connectivity index (χ3n) is 4.71. The van der Waals surface area contributed by atoms with Gasteiger partial charge in [0, 0.05) is 24.2 Å². The number of rotatable bonds is 8. The van der Waals surface area contributed by atoms with Gasteiger partial charge in [-0.15, -0.1) is 0 Å². The molecule has 156 valence electrons. The number of amides is 2. The molecular weight excluding hydrogens is 372 g/mol. The fourth-order valence-corrected chi connectivity index (χ4v) is 3.04.